The number of esters is 3. The summed E-state index contributed by atoms with van der Waals surface area (Å²) < 4.78 is 18.2. The lowest BCUT2D eigenvalue weighted by atomic mass is 9.70. The summed E-state index contributed by atoms with van der Waals surface area (Å²) in [7, 11) is 0. The van der Waals surface area contributed by atoms with Gasteiger partial charge in [-0.15, -0.1) is 0 Å². The van der Waals surface area contributed by atoms with Gasteiger partial charge in [0.05, 0.1) is 5.56 Å². The Kier molecular flexibility index (Phi) is 9.28. The number of rotatable bonds is 12. The first-order chi connectivity index (χ1) is 20.6. The Morgan fingerprint density at radius 1 is 0.841 bits per heavy atom. The Bertz CT molecular complexity index is 1270. The smallest absolute Gasteiger partial charge is 0.338 e. The van der Waals surface area contributed by atoms with Gasteiger partial charge in [-0.25, -0.2) is 4.79 Å². The topological polar surface area (TPSA) is 78.9 Å². The van der Waals surface area contributed by atoms with E-state index < -0.39 is 12.1 Å². The lowest BCUT2D eigenvalue weighted by Gasteiger charge is -2.38. The van der Waals surface area contributed by atoms with Crippen molar-refractivity contribution in [2.45, 2.75) is 144 Å². The first kappa shape index (κ1) is 33.3. The third-order valence-corrected chi connectivity index (χ3v) is 13.6. The summed E-state index contributed by atoms with van der Waals surface area (Å²) in [5.41, 5.74) is 1.23. The van der Waals surface area contributed by atoms with Gasteiger partial charge in [0.15, 0.2) is 0 Å². The van der Waals surface area contributed by atoms with Gasteiger partial charge in [0.1, 0.15) is 18.3 Å². The highest BCUT2D eigenvalue weighted by molar-refractivity contribution is 6.31. The van der Waals surface area contributed by atoms with Crippen molar-refractivity contribution in [3.8, 4) is 0 Å². The molecule has 4 aliphatic rings. The third kappa shape index (κ3) is 5.71. The lowest BCUT2D eigenvalue weighted by Crippen LogP contribution is -2.38. The SMILES string of the molecule is CCCCC(OC(=O)CCCC(=O)OC1C[C@@H]2CC[C@@]1(C)C2(C)C)c1ccc(Cl)cc1C(=O)O[C@@H]1C[C@@H]2CC[C@@]1(C)C2(C)C. The van der Waals surface area contributed by atoms with Crippen LogP contribution >= 0.6 is 11.6 Å². The Morgan fingerprint density at radius 2 is 1.41 bits per heavy atom. The zero-order chi connectivity index (χ0) is 32.1. The molecule has 0 aliphatic heterocycles. The molecule has 4 saturated carbocycles. The van der Waals surface area contributed by atoms with Crippen molar-refractivity contribution >= 4 is 29.5 Å². The maximum Gasteiger partial charge on any atom is 0.338 e. The lowest BCUT2D eigenvalue weighted by molar-refractivity contribution is -0.157. The average Bonchev–Trinajstić information content (AvgIpc) is 3.47. The Morgan fingerprint density at radius 3 is 1.93 bits per heavy atom. The van der Waals surface area contributed by atoms with Crippen molar-refractivity contribution in [2.24, 2.45) is 33.5 Å². The van der Waals surface area contributed by atoms with E-state index in [1.54, 1.807) is 18.2 Å². The molecule has 44 heavy (non-hydrogen) atoms. The number of benzene rings is 1. The van der Waals surface area contributed by atoms with Crippen molar-refractivity contribution in [2.75, 3.05) is 0 Å². The molecule has 0 N–H and O–H groups in total. The largest absolute Gasteiger partial charge is 0.462 e. The summed E-state index contributed by atoms with van der Waals surface area (Å²) in [6.07, 6.45) is 8.50. The van der Waals surface area contributed by atoms with E-state index in [-0.39, 0.29) is 58.6 Å². The van der Waals surface area contributed by atoms with Crippen LogP contribution in [0.5, 0.6) is 0 Å². The van der Waals surface area contributed by atoms with Gasteiger partial charge in [0.2, 0.25) is 0 Å². The molecule has 0 amide bonds. The van der Waals surface area contributed by atoms with Crippen LogP contribution in [0.2, 0.25) is 5.02 Å². The summed E-state index contributed by atoms with van der Waals surface area (Å²) in [5, 5.41) is 0.437. The molecule has 1 aromatic rings. The van der Waals surface area contributed by atoms with Gasteiger partial charge in [0.25, 0.3) is 0 Å². The molecule has 7 atom stereocenters. The number of carbonyl (C=O) groups excluding carboxylic acids is 3. The highest BCUT2D eigenvalue weighted by atomic mass is 35.5. The third-order valence-electron chi connectivity index (χ3n) is 13.4. The van der Waals surface area contributed by atoms with Crippen LogP contribution in [0, 0.1) is 33.5 Å². The molecule has 4 aliphatic carbocycles. The molecular weight excluding hydrogens is 576 g/mol. The van der Waals surface area contributed by atoms with Gasteiger partial charge in [-0.05, 0) is 92.6 Å². The van der Waals surface area contributed by atoms with E-state index in [1.807, 2.05) is 0 Å². The summed E-state index contributed by atoms with van der Waals surface area (Å²) in [4.78, 5) is 39.5. The second kappa shape index (κ2) is 12.3. The number of ether oxygens (including phenoxy) is 3. The number of fused-ring (bicyclic) bond motifs is 4. The maximum atomic E-state index is 13.7. The molecule has 6 nitrogen and oxygen atoms in total. The second-order valence-electron chi connectivity index (χ2n) is 15.8. The van der Waals surface area contributed by atoms with Crippen LogP contribution in [-0.2, 0) is 23.8 Å². The van der Waals surface area contributed by atoms with Gasteiger partial charge in [-0.3, -0.25) is 9.59 Å². The quantitative estimate of drug-likeness (QED) is 0.169. The molecule has 0 spiro atoms. The number of unbranched alkanes of at least 4 members (excludes halogenated alkanes) is 1. The van der Waals surface area contributed by atoms with Gasteiger partial charge in [-0.2, -0.15) is 0 Å². The Labute approximate surface area is 269 Å². The predicted molar refractivity (Wildman–Crippen MR) is 171 cm³/mol. The molecule has 0 radical (unpaired) electrons. The molecule has 244 valence electrons. The summed E-state index contributed by atoms with van der Waals surface area (Å²) in [6, 6.07) is 5.16. The number of halogens is 1. The van der Waals surface area contributed by atoms with Gasteiger partial charge in [0, 0.05) is 34.3 Å². The first-order valence-electron chi connectivity index (χ1n) is 17.0. The van der Waals surface area contributed by atoms with Crippen LogP contribution in [0.1, 0.15) is 148 Å². The van der Waals surface area contributed by atoms with Crippen molar-refractivity contribution in [1.29, 1.82) is 0 Å². The minimum absolute atomic E-state index is 0.0153. The fourth-order valence-corrected chi connectivity index (χ4v) is 9.45. The first-order valence-corrected chi connectivity index (χ1v) is 17.4. The van der Waals surface area contributed by atoms with Crippen LogP contribution in [0.3, 0.4) is 0 Å². The molecule has 0 heterocycles. The van der Waals surface area contributed by atoms with Gasteiger partial charge >= 0.3 is 17.9 Å². The summed E-state index contributed by atoms with van der Waals surface area (Å²) in [6.45, 7) is 15.8. The van der Waals surface area contributed by atoms with Gasteiger partial charge in [-0.1, -0.05) is 72.6 Å². The summed E-state index contributed by atoms with van der Waals surface area (Å²) >= 11 is 6.37. The van der Waals surface area contributed by atoms with Gasteiger partial charge < -0.3 is 14.2 Å². The minimum Gasteiger partial charge on any atom is -0.462 e. The van der Waals surface area contributed by atoms with E-state index in [2.05, 4.69) is 48.5 Å². The van der Waals surface area contributed by atoms with Crippen molar-refractivity contribution < 1.29 is 28.6 Å². The van der Waals surface area contributed by atoms with Crippen LogP contribution in [-0.4, -0.2) is 30.1 Å². The second-order valence-corrected chi connectivity index (χ2v) is 16.2. The van der Waals surface area contributed by atoms with Crippen LogP contribution < -0.4 is 0 Å². The van der Waals surface area contributed by atoms with Crippen LogP contribution in [0.4, 0.5) is 0 Å². The molecule has 5 rings (SSSR count). The maximum absolute atomic E-state index is 13.7. The van der Waals surface area contributed by atoms with Crippen LogP contribution in [0.15, 0.2) is 18.2 Å². The fraction of sp³-hybridized carbons (Fsp3) is 0.757. The highest BCUT2D eigenvalue weighted by Gasteiger charge is 2.64. The molecule has 4 fully saturated rings. The van der Waals surface area contributed by atoms with Crippen molar-refractivity contribution in [1.82, 2.24) is 0 Å². The molecule has 0 saturated heterocycles. The van der Waals surface area contributed by atoms with E-state index in [4.69, 9.17) is 25.8 Å². The van der Waals surface area contributed by atoms with E-state index in [0.717, 1.165) is 38.5 Å². The Hall–Kier alpha value is -2.08. The standard InChI is InChI=1S/C37H53ClO6/c1-8-9-11-28(42-31(39)12-10-13-32(40)43-29-20-23-16-18-36(29,6)34(23,2)3)26-15-14-25(38)22-27(26)33(41)44-30-21-24-17-19-37(30,7)35(24,4)5/h14-15,22-24,28-30H,8-13,16-21H2,1-7H3/t23-,24-,28?,29?,30+,36+,37+/m0/s1. The van der Waals surface area contributed by atoms with Crippen molar-refractivity contribution in [3.63, 3.8) is 0 Å². The average molecular weight is 629 g/mol. The highest BCUT2D eigenvalue weighted by Crippen LogP contribution is 2.67. The molecule has 4 bridgehead atoms. The van der Waals surface area contributed by atoms with E-state index in [0.29, 0.717) is 40.8 Å². The molecule has 2 unspecified atom stereocenters. The minimum atomic E-state index is -0.600. The fourth-order valence-electron chi connectivity index (χ4n) is 9.28. The number of hydrogen-bond donors (Lipinski definition) is 0. The molecule has 7 heteroatoms. The Balaban J connectivity index is 1.20. The zero-order valence-corrected chi connectivity index (χ0v) is 28.7. The monoisotopic (exact) mass is 628 g/mol. The molecule has 0 aromatic heterocycles. The number of carbonyl (C=O) groups is 3. The normalized spacial score (nSPS) is 33.3. The number of hydrogen-bond acceptors (Lipinski definition) is 6. The van der Waals surface area contributed by atoms with E-state index in [9.17, 15) is 14.4 Å². The van der Waals surface area contributed by atoms with Crippen molar-refractivity contribution in [3.05, 3.63) is 34.3 Å². The molecule has 1 aromatic carbocycles. The summed E-state index contributed by atoms with van der Waals surface area (Å²) in [5.74, 6) is 0.107. The zero-order valence-electron chi connectivity index (χ0n) is 27.9. The molecular formula is C37H53ClO6. The predicted octanol–water partition coefficient (Wildman–Crippen LogP) is 9.41. The van der Waals surface area contributed by atoms with E-state index >= 15 is 0 Å². The van der Waals surface area contributed by atoms with E-state index in [1.165, 1.54) is 12.8 Å². The van der Waals surface area contributed by atoms with Crippen LogP contribution in [0.25, 0.3) is 0 Å².